The van der Waals surface area contributed by atoms with Crippen LogP contribution >= 0.6 is 0 Å². The molecule has 2 aromatic carbocycles. The lowest BCUT2D eigenvalue weighted by atomic mass is 10.2. The number of ether oxygens (including phenoxy) is 2. The van der Waals surface area contributed by atoms with Crippen LogP contribution < -0.4 is 20.1 Å². The number of benzene rings is 2. The molecule has 0 unspecified atom stereocenters. The second-order valence-electron chi connectivity index (χ2n) is 5.70. The van der Waals surface area contributed by atoms with Crippen molar-refractivity contribution in [3.05, 3.63) is 59.8 Å². The molecule has 0 aliphatic carbocycles. The Morgan fingerprint density at radius 3 is 2.92 bits per heavy atom. The first-order chi connectivity index (χ1) is 12.3. The Kier molecular flexibility index (Phi) is 4.04. The number of hydrogen-bond acceptors (Lipinski definition) is 7. The van der Waals surface area contributed by atoms with Gasteiger partial charge in [0.15, 0.2) is 17.3 Å². The van der Waals surface area contributed by atoms with Crippen molar-refractivity contribution in [2.24, 2.45) is 0 Å². The van der Waals surface area contributed by atoms with Gasteiger partial charge in [-0.25, -0.2) is 0 Å². The topological polar surface area (TPSA) is 81.2 Å². The number of fused-ring (bicyclic) bond motifs is 1. The smallest absolute Gasteiger partial charge is 0.249 e. The molecule has 4 rings (SSSR count). The lowest BCUT2D eigenvalue weighted by Gasteiger charge is -2.08. The second kappa shape index (κ2) is 6.64. The van der Waals surface area contributed by atoms with Crippen molar-refractivity contribution < 1.29 is 9.47 Å². The number of rotatable bonds is 5. The van der Waals surface area contributed by atoms with E-state index in [0.717, 1.165) is 28.3 Å². The van der Waals surface area contributed by atoms with Crippen LogP contribution in [0.5, 0.6) is 11.5 Å². The van der Waals surface area contributed by atoms with Gasteiger partial charge in [0, 0.05) is 12.2 Å². The maximum absolute atomic E-state index is 5.39. The first-order valence-electron chi connectivity index (χ1n) is 7.92. The van der Waals surface area contributed by atoms with E-state index >= 15 is 0 Å². The van der Waals surface area contributed by atoms with Crippen molar-refractivity contribution in [3.63, 3.8) is 0 Å². The van der Waals surface area contributed by atoms with Gasteiger partial charge in [0.05, 0.1) is 6.20 Å². The molecular weight excluding hydrogens is 318 g/mol. The predicted octanol–water partition coefficient (Wildman–Crippen LogP) is 3.26. The number of anilines is 3. The van der Waals surface area contributed by atoms with Gasteiger partial charge in [0.2, 0.25) is 12.7 Å². The summed E-state index contributed by atoms with van der Waals surface area (Å²) in [6.45, 7) is 2.91. The van der Waals surface area contributed by atoms with Gasteiger partial charge < -0.3 is 20.1 Å². The molecule has 0 atom stereocenters. The molecule has 0 saturated carbocycles. The third-order valence-corrected chi connectivity index (χ3v) is 3.74. The summed E-state index contributed by atoms with van der Waals surface area (Å²) < 4.78 is 10.7. The highest BCUT2D eigenvalue weighted by atomic mass is 16.7. The maximum Gasteiger partial charge on any atom is 0.249 e. The molecule has 2 heterocycles. The fourth-order valence-electron chi connectivity index (χ4n) is 2.54. The molecule has 126 valence electrons. The molecule has 0 radical (unpaired) electrons. The van der Waals surface area contributed by atoms with E-state index in [-0.39, 0.29) is 6.79 Å². The average molecular weight is 335 g/mol. The highest BCUT2D eigenvalue weighted by molar-refractivity contribution is 5.55. The van der Waals surface area contributed by atoms with Crippen molar-refractivity contribution >= 4 is 17.5 Å². The lowest BCUT2D eigenvalue weighted by molar-refractivity contribution is 0.174. The fraction of sp³-hybridized carbons (Fsp3) is 0.167. The second-order valence-corrected chi connectivity index (χ2v) is 5.70. The number of hydrogen-bond donors (Lipinski definition) is 2. The van der Waals surface area contributed by atoms with Gasteiger partial charge in [-0.15, -0.1) is 5.10 Å². The van der Waals surface area contributed by atoms with E-state index in [1.807, 2.05) is 49.4 Å². The first kappa shape index (κ1) is 15.2. The van der Waals surface area contributed by atoms with Crippen LogP contribution in [-0.4, -0.2) is 22.0 Å². The molecular formula is C18H17N5O2. The molecule has 1 aromatic heterocycles. The summed E-state index contributed by atoms with van der Waals surface area (Å²) in [5, 5.41) is 14.4. The molecule has 7 nitrogen and oxygen atoms in total. The Balaban J connectivity index is 1.43. The highest BCUT2D eigenvalue weighted by Gasteiger charge is 2.13. The molecule has 1 aliphatic rings. The summed E-state index contributed by atoms with van der Waals surface area (Å²) in [4.78, 5) is 4.43. The quantitative estimate of drug-likeness (QED) is 0.740. The van der Waals surface area contributed by atoms with Crippen LogP contribution in [0, 0.1) is 6.92 Å². The van der Waals surface area contributed by atoms with Crippen LogP contribution in [-0.2, 0) is 6.54 Å². The van der Waals surface area contributed by atoms with Crippen LogP contribution in [0.15, 0.2) is 48.7 Å². The molecule has 0 spiro atoms. The normalized spacial score (nSPS) is 12.0. The highest BCUT2D eigenvalue weighted by Crippen LogP contribution is 2.32. The standard InChI is InChI=1S/C18H17N5O2/c1-12-3-2-4-14(7-12)21-18-22-17(10-20-23-18)19-9-13-5-6-15-16(8-13)25-11-24-15/h2-8,10H,9,11H2,1H3,(H2,19,21,22,23). The Labute approximate surface area is 145 Å². The minimum absolute atomic E-state index is 0.274. The van der Waals surface area contributed by atoms with E-state index in [0.29, 0.717) is 18.3 Å². The van der Waals surface area contributed by atoms with E-state index in [9.17, 15) is 0 Å². The van der Waals surface area contributed by atoms with Gasteiger partial charge in [-0.3, -0.25) is 0 Å². The maximum atomic E-state index is 5.39. The molecule has 0 amide bonds. The largest absolute Gasteiger partial charge is 0.454 e. The molecule has 25 heavy (non-hydrogen) atoms. The van der Waals surface area contributed by atoms with Crippen molar-refractivity contribution in [2.75, 3.05) is 17.4 Å². The molecule has 0 fully saturated rings. The summed E-state index contributed by atoms with van der Waals surface area (Å²) >= 11 is 0. The van der Waals surface area contributed by atoms with Crippen LogP contribution in [0.3, 0.4) is 0 Å². The zero-order valence-electron chi connectivity index (χ0n) is 13.7. The lowest BCUT2D eigenvalue weighted by Crippen LogP contribution is -2.05. The van der Waals surface area contributed by atoms with Crippen molar-refractivity contribution in [3.8, 4) is 11.5 Å². The van der Waals surface area contributed by atoms with E-state index in [1.165, 1.54) is 0 Å². The molecule has 0 saturated heterocycles. The average Bonchev–Trinajstić information content (AvgIpc) is 3.08. The van der Waals surface area contributed by atoms with Gasteiger partial charge in [0.1, 0.15) is 0 Å². The third-order valence-electron chi connectivity index (χ3n) is 3.74. The first-order valence-corrected chi connectivity index (χ1v) is 7.92. The van der Waals surface area contributed by atoms with E-state index in [4.69, 9.17) is 9.47 Å². The number of nitrogens with one attached hydrogen (secondary N) is 2. The molecule has 7 heteroatoms. The Morgan fingerprint density at radius 1 is 1.08 bits per heavy atom. The summed E-state index contributed by atoms with van der Waals surface area (Å²) in [6, 6.07) is 13.8. The number of aromatic nitrogens is 3. The van der Waals surface area contributed by atoms with Crippen molar-refractivity contribution in [1.82, 2.24) is 15.2 Å². The van der Waals surface area contributed by atoms with E-state index in [2.05, 4.69) is 25.8 Å². The van der Waals surface area contributed by atoms with Gasteiger partial charge in [0.25, 0.3) is 0 Å². The Morgan fingerprint density at radius 2 is 2.00 bits per heavy atom. The Hall–Kier alpha value is -3.35. The Bertz CT molecular complexity index is 900. The van der Waals surface area contributed by atoms with Gasteiger partial charge >= 0.3 is 0 Å². The van der Waals surface area contributed by atoms with E-state index < -0.39 is 0 Å². The van der Waals surface area contributed by atoms with Crippen molar-refractivity contribution in [2.45, 2.75) is 13.5 Å². The predicted molar refractivity (Wildman–Crippen MR) is 94.2 cm³/mol. The van der Waals surface area contributed by atoms with Gasteiger partial charge in [-0.2, -0.15) is 10.1 Å². The fourth-order valence-corrected chi connectivity index (χ4v) is 2.54. The summed E-state index contributed by atoms with van der Waals surface area (Å²) in [5.41, 5.74) is 3.15. The zero-order chi connectivity index (χ0) is 17.1. The van der Waals surface area contributed by atoms with Crippen LogP contribution in [0.2, 0.25) is 0 Å². The third kappa shape index (κ3) is 3.60. The summed E-state index contributed by atoms with van der Waals surface area (Å²) in [6.07, 6.45) is 1.59. The molecule has 2 N–H and O–H groups in total. The minimum atomic E-state index is 0.274. The number of nitrogens with zero attached hydrogens (tertiary/aromatic N) is 3. The number of aryl methyl sites for hydroxylation is 1. The van der Waals surface area contributed by atoms with Crippen LogP contribution in [0.1, 0.15) is 11.1 Å². The van der Waals surface area contributed by atoms with Crippen molar-refractivity contribution in [1.29, 1.82) is 0 Å². The molecule has 3 aromatic rings. The van der Waals surface area contributed by atoms with Gasteiger partial charge in [-0.1, -0.05) is 18.2 Å². The zero-order valence-corrected chi connectivity index (χ0v) is 13.7. The SMILES string of the molecule is Cc1cccc(Nc2nncc(NCc3ccc4c(c3)OCO4)n2)c1. The minimum Gasteiger partial charge on any atom is -0.454 e. The summed E-state index contributed by atoms with van der Waals surface area (Å²) in [7, 11) is 0. The summed E-state index contributed by atoms with van der Waals surface area (Å²) in [5.74, 6) is 2.63. The molecule has 0 bridgehead atoms. The van der Waals surface area contributed by atoms with Crippen LogP contribution in [0.4, 0.5) is 17.5 Å². The monoisotopic (exact) mass is 335 g/mol. The van der Waals surface area contributed by atoms with Crippen LogP contribution in [0.25, 0.3) is 0 Å². The van der Waals surface area contributed by atoms with Gasteiger partial charge in [-0.05, 0) is 42.3 Å². The van der Waals surface area contributed by atoms with E-state index in [1.54, 1.807) is 6.20 Å². The molecule has 1 aliphatic heterocycles.